The molecular weight excluding hydrogens is 400 g/mol. The van der Waals surface area contributed by atoms with E-state index in [-0.39, 0.29) is 19.2 Å². The van der Waals surface area contributed by atoms with Crippen LogP contribution in [0.15, 0.2) is 47.6 Å². The summed E-state index contributed by atoms with van der Waals surface area (Å²) in [7, 11) is 1.88. The maximum Gasteiger partial charge on any atom is 0.251 e. The Bertz CT molecular complexity index is 1010. The molecule has 1 N–H and O–H groups in total. The lowest BCUT2D eigenvalue weighted by Gasteiger charge is -2.07. The van der Waals surface area contributed by atoms with Crippen LogP contribution in [0.1, 0.15) is 21.7 Å². The molecule has 0 bridgehead atoms. The van der Waals surface area contributed by atoms with E-state index in [1.54, 1.807) is 30.0 Å². The lowest BCUT2D eigenvalue weighted by molar-refractivity contribution is 0.0949. The number of carbonyl (C=O) groups excluding carboxylic acids is 1. The topological polar surface area (TPSA) is 78.3 Å². The summed E-state index contributed by atoms with van der Waals surface area (Å²) in [5.41, 5.74) is 1.65. The van der Waals surface area contributed by atoms with Gasteiger partial charge in [0, 0.05) is 23.4 Å². The van der Waals surface area contributed by atoms with E-state index >= 15 is 0 Å². The number of carbonyl (C=O) groups is 1. The van der Waals surface area contributed by atoms with Crippen molar-refractivity contribution in [1.29, 1.82) is 0 Å². The third-order valence-electron chi connectivity index (χ3n) is 4.25. The largest absolute Gasteiger partial charge is 0.454 e. The average molecular weight is 417 g/mol. The number of hydrogen-bond donors (Lipinski definition) is 1. The van der Waals surface area contributed by atoms with E-state index in [1.807, 2.05) is 35.9 Å². The number of aromatic nitrogens is 3. The van der Waals surface area contributed by atoms with Gasteiger partial charge in [-0.1, -0.05) is 35.5 Å². The molecule has 0 aliphatic carbocycles. The second-order valence-electron chi connectivity index (χ2n) is 6.12. The van der Waals surface area contributed by atoms with Crippen LogP contribution in [0.2, 0.25) is 5.02 Å². The number of amides is 1. The van der Waals surface area contributed by atoms with Crippen molar-refractivity contribution < 1.29 is 14.3 Å². The van der Waals surface area contributed by atoms with E-state index in [0.29, 0.717) is 27.9 Å². The summed E-state index contributed by atoms with van der Waals surface area (Å²) in [5, 5.41) is 12.7. The fraction of sp³-hybridized carbons (Fsp3) is 0.211. The van der Waals surface area contributed by atoms with Crippen LogP contribution in [0, 0.1) is 0 Å². The molecular formula is C19H17ClN4O3S. The zero-order chi connectivity index (χ0) is 19.5. The Labute approximate surface area is 171 Å². The highest BCUT2D eigenvalue weighted by atomic mass is 35.5. The summed E-state index contributed by atoms with van der Waals surface area (Å²) in [6, 6.07) is 12.8. The standard InChI is InChI=1S/C19H17ClN4O3S/c1-24-17(22-23-19(24)28-10-12-2-5-14(20)6-3-12)9-21-18(25)13-4-7-15-16(8-13)27-11-26-15/h2-8H,9-11H2,1H3,(H,21,25). The van der Waals surface area contributed by atoms with Gasteiger partial charge in [0.2, 0.25) is 6.79 Å². The highest BCUT2D eigenvalue weighted by Gasteiger charge is 2.17. The molecule has 1 aliphatic heterocycles. The van der Waals surface area contributed by atoms with E-state index in [1.165, 1.54) is 0 Å². The summed E-state index contributed by atoms with van der Waals surface area (Å²) in [6.45, 7) is 0.452. The van der Waals surface area contributed by atoms with E-state index < -0.39 is 0 Å². The van der Waals surface area contributed by atoms with Gasteiger partial charge >= 0.3 is 0 Å². The molecule has 3 aromatic rings. The Morgan fingerprint density at radius 1 is 1.18 bits per heavy atom. The van der Waals surface area contributed by atoms with Crippen molar-refractivity contribution in [1.82, 2.24) is 20.1 Å². The third kappa shape index (κ3) is 4.07. The van der Waals surface area contributed by atoms with Crippen molar-refractivity contribution in [2.75, 3.05) is 6.79 Å². The van der Waals surface area contributed by atoms with Crippen LogP contribution in [0.5, 0.6) is 11.5 Å². The summed E-state index contributed by atoms with van der Waals surface area (Å²) in [4.78, 5) is 12.4. The highest BCUT2D eigenvalue weighted by molar-refractivity contribution is 7.98. The molecule has 28 heavy (non-hydrogen) atoms. The first-order valence-electron chi connectivity index (χ1n) is 8.53. The fourth-order valence-corrected chi connectivity index (χ4v) is 3.66. The molecule has 144 valence electrons. The lowest BCUT2D eigenvalue weighted by Crippen LogP contribution is -2.24. The number of benzene rings is 2. The number of fused-ring (bicyclic) bond motifs is 1. The number of nitrogens with zero attached hydrogens (tertiary/aromatic N) is 3. The Balaban J connectivity index is 1.35. The molecule has 0 radical (unpaired) electrons. The van der Waals surface area contributed by atoms with Crippen molar-refractivity contribution >= 4 is 29.3 Å². The van der Waals surface area contributed by atoms with Gasteiger partial charge in [-0.25, -0.2) is 0 Å². The molecule has 1 aliphatic rings. The number of nitrogens with one attached hydrogen (secondary N) is 1. The zero-order valence-electron chi connectivity index (χ0n) is 15.0. The Kier molecular flexibility index (Phi) is 5.40. The minimum absolute atomic E-state index is 0.176. The first-order valence-corrected chi connectivity index (χ1v) is 9.90. The maximum absolute atomic E-state index is 12.4. The molecule has 2 heterocycles. The van der Waals surface area contributed by atoms with Gasteiger partial charge in [-0.3, -0.25) is 4.79 Å². The van der Waals surface area contributed by atoms with Crippen LogP contribution >= 0.6 is 23.4 Å². The molecule has 0 unspecified atom stereocenters. The Morgan fingerprint density at radius 2 is 1.96 bits per heavy atom. The second kappa shape index (κ2) is 8.12. The predicted molar refractivity (Wildman–Crippen MR) is 106 cm³/mol. The van der Waals surface area contributed by atoms with Crippen molar-refractivity contribution in [3.63, 3.8) is 0 Å². The minimum atomic E-state index is -0.211. The monoisotopic (exact) mass is 416 g/mol. The SMILES string of the molecule is Cn1c(CNC(=O)c2ccc3c(c2)OCO3)nnc1SCc1ccc(Cl)cc1. The van der Waals surface area contributed by atoms with E-state index in [9.17, 15) is 4.79 Å². The smallest absolute Gasteiger partial charge is 0.251 e. The zero-order valence-corrected chi connectivity index (χ0v) is 16.6. The first kappa shape index (κ1) is 18.6. The molecule has 0 fully saturated rings. The summed E-state index contributed by atoms with van der Waals surface area (Å²) in [5.74, 6) is 2.44. The van der Waals surface area contributed by atoms with Gasteiger partial charge in [0.25, 0.3) is 5.91 Å². The van der Waals surface area contributed by atoms with Crippen molar-refractivity contribution in [2.45, 2.75) is 17.5 Å². The predicted octanol–water partition coefficient (Wildman–Crippen LogP) is 3.42. The van der Waals surface area contributed by atoms with Crippen molar-refractivity contribution in [2.24, 2.45) is 7.05 Å². The number of halogens is 1. The molecule has 0 saturated heterocycles. The van der Waals surface area contributed by atoms with E-state index in [0.717, 1.165) is 16.5 Å². The van der Waals surface area contributed by atoms with Gasteiger partial charge in [0.15, 0.2) is 22.5 Å². The van der Waals surface area contributed by atoms with Crippen LogP contribution < -0.4 is 14.8 Å². The molecule has 2 aromatic carbocycles. The molecule has 1 amide bonds. The van der Waals surface area contributed by atoms with Gasteiger partial charge in [-0.2, -0.15) is 0 Å². The molecule has 7 nitrogen and oxygen atoms in total. The second-order valence-corrected chi connectivity index (χ2v) is 7.50. The third-order valence-corrected chi connectivity index (χ3v) is 5.59. The normalized spacial score (nSPS) is 12.2. The lowest BCUT2D eigenvalue weighted by atomic mass is 10.2. The van der Waals surface area contributed by atoms with Crippen molar-refractivity contribution in [3.8, 4) is 11.5 Å². The van der Waals surface area contributed by atoms with Crippen LogP contribution in [-0.4, -0.2) is 27.5 Å². The molecule has 1 aromatic heterocycles. The van der Waals surface area contributed by atoms with Crippen LogP contribution in [0.4, 0.5) is 0 Å². The molecule has 0 spiro atoms. The fourth-order valence-electron chi connectivity index (χ4n) is 2.65. The number of hydrogen-bond acceptors (Lipinski definition) is 6. The highest BCUT2D eigenvalue weighted by Crippen LogP contribution is 2.32. The Hall–Kier alpha value is -2.71. The van der Waals surface area contributed by atoms with Gasteiger partial charge in [-0.05, 0) is 35.9 Å². The van der Waals surface area contributed by atoms with Crippen LogP contribution in [-0.2, 0) is 19.3 Å². The summed E-state index contributed by atoms with van der Waals surface area (Å²) < 4.78 is 12.4. The summed E-state index contributed by atoms with van der Waals surface area (Å²) in [6.07, 6.45) is 0. The molecule has 4 rings (SSSR count). The van der Waals surface area contributed by atoms with Crippen LogP contribution in [0.3, 0.4) is 0 Å². The van der Waals surface area contributed by atoms with Gasteiger partial charge < -0.3 is 19.4 Å². The first-order chi connectivity index (χ1) is 13.6. The van der Waals surface area contributed by atoms with E-state index in [4.69, 9.17) is 21.1 Å². The van der Waals surface area contributed by atoms with Gasteiger partial charge in [0.05, 0.1) is 6.54 Å². The quantitative estimate of drug-likeness (QED) is 0.620. The molecule has 9 heteroatoms. The summed E-state index contributed by atoms with van der Waals surface area (Å²) >= 11 is 7.48. The van der Waals surface area contributed by atoms with Crippen LogP contribution in [0.25, 0.3) is 0 Å². The molecule has 0 atom stereocenters. The maximum atomic E-state index is 12.4. The number of thioether (sulfide) groups is 1. The minimum Gasteiger partial charge on any atom is -0.454 e. The number of ether oxygens (including phenoxy) is 2. The average Bonchev–Trinajstić information content (AvgIpc) is 3.31. The van der Waals surface area contributed by atoms with Crippen molar-refractivity contribution in [3.05, 3.63) is 64.4 Å². The number of rotatable bonds is 6. The Morgan fingerprint density at radius 3 is 2.79 bits per heavy atom. The van der Waals surface area contributed by atoms with E-state index in [2.05, 4.69) is 15.5 Å². The van der Waals surface area contributed by atoms with Gasteiger partial charge in [0.1, 0.15) is 0 Å². The molecule has 0 saturated carbocycles. The van der Waals surface area contributed by atoms with Gasteiger partial charge in [-0.15, -0.1) is 10.2 Å².